The second kappa shape index (κ2) is 10.9. The summed E-state index contributed by atoms with van der Waals surface area (Å²) in [5.41, 5.74) is 0. The van der Waals surface area contributed by atoms with Gasteiger partial charge in [0.25, 0.3) is 0 Å². The second-order valence-electron chi connectivity index (χ2n) is 4.93. The first kappa shape index (κ1) is 19.2. The van der Waals surface area contributed by atoms with Gasteiger partial charge >= 0.3 is 16.3 Å². The number of nitrogens with one attached hydrogen (secondary N) is 1. The van der Waals surface area contributed by atoms with Gasteiger partial charge < -0.3 is 5.11 Å². The van der Waals surface area contributed by atoms with E-state index in [4.69, 9.17) is 5.11 Å². The van der Waals surface area contributed by atoms with Crippen LogP contribution in [0.15, 0.2) is 0 Å². The molecule has 0 aliphatic rings. The largest absolute Gasteiger partial charge is 0.464 e. The van der Waals surface area contributed by atoms with Crippen LogP contribution in [0.4, 0.5) is 4.79 Å². The first-order chi connectivity index (χ1) is 9.44. The van der Waals surface area contributed by atoms with Gasteiger partial charge in [0.15, 0.2) is 0 Å². The van der Waals surface area contributed by atoms with Crippen LogP contribution in [0.25, 0.3) is 0 Å². The number of carboxylic acid groups (broad SMARTS) is 1. The molecule has 2 N–H and O–H groups in total. The highest BCUT2D eigenvalue weighted by Gasteiger charge is 2.22. The molecule has 0 aliphatic heterocycles. The lowest BCUT2D eigenvalue weighted by Gasteiger charge is -2.21. The molecule has 0 atom stereocenters. The van der Waals surface area contributed by atoms with Crippen molar-refractivity contribution in [3.63, 3.8) is 0 Å². The zero-order chi connectivity index (χ0) is 15.4. The van der Waals surface area contributed by atoms with E-state index < -0.39 is 16.3 Å². The number of rotatable bonds is 12. The molecule has 0 spiro atoms. The molecule has 0 aromatic carbocycles. The van der Waals surface area contributed by atoms with E-state index in [2.05, 4.69) is 13.8 Å². The maximum Gasteiger partial charge on any atom is 0.419 e. The predicted molar refractivity (Wildman–Crippen MR) is 79.9 cm³/mol. The summed E-state index contributed by atoms with van der Waals surface area (Å²) in [7, 11) is -3.91. The molecule has 120 valence electrons. The second-order valence-corrected chi connectivity index (χ2v) is 6.60. The van der Waals surface area contributed by atoms with Crippen molar-refractivity contribution in [3.05, 3.63) is 0 Å². The molecule has 0 rings (SSSR count). The number of carbonyl (C=O) groups is 1. The van der Waals surface area contributed by atoms with Crippen molar-refractivity contribution in [2.24, 2.45) is 0 Å². The number of unbranched alkanes of at least 4 members (excludes halogenated alkanes) is 6. The van der Waals surface area contributed by atoms with E-state index in [1.54, 1.807) is 4.72 Å². The van der Waals surface area contributed by atoms with Gasteiger partial charge in [0.05, 0.1) is 0 Å². The van der Waals surface area contributed by atoms with Gasteiger partial charge in [-0.05, 0) is 12.8 Å². The molecular weight excluding hydrogens is 280 g/mol. The Morgan fingerprint density at radius 2 is 1.40 bits per heavy atom. The van der Waals surface area contributed by atoms with Gasteiger partial charge in [-0.15, -0.1) is 0 Å². The monoisotopic (exact) mass is 308 g/mol. The molecule has 6 nitrogen and oxygen atoms in total. The molecule has 0 aromatic rings. The van der Waals surface area contributed by atoms with Crippen LogP contribution in [0.5, 0.6) is 0 Å². The van der Waals surface area contributed by atoms with Crippen molar-refractivity contribution >= 4 is 16.3 Å². The lowest BCUT2D eigenvalue weighted by atomic mass is 10.2. The van der Waals surface area contributed by atoms with Crippen molar-refractivity contribution in [2.75, 3.05) is 13.1 Å². The van der Waals surface area contributed by atoms with Crippen LogP contribution in [0.3, 0.4) is 0 Å². The van der Waals surface area contributed by atoms with Crippen molar-refractivity contribution < 1.29 is 18.3 Å². The molecule has 0 aromatic heterocycles. The lowest BCUT2D eigenvalue weighted by molar-refractivity contribution is 0.200. The van der Waals surface area contributed by atoms with E-state index in [1.807, 2.05) is 0 Å². The molecule has 0 saturated heterocycles. The molecule has 0 heterocycles. The fourth-order valence-electron chi connectivity index (χ4n) is 1.96. The van der Waals surface area contributed by atoms with Gasteiger partial charge in [-0.1, -0.05) is 52.4 Å². The van der Waals surface area contributed by atoms with Crippen LogP contribution in [0.1, 0.15) is 65.2 Å². The average molecular weight is 308 g/mol. The predicted octanol–water partition coefficient (Wildman–Crippen LogP) is 2.96. The average Bonchev–Trinajstić information content (AvgIpc) is 2.35. The zero-order valence-electron chi connectivity index (χ0n) is 12.6. The third kappa shape index (κ3) is 9.14. The molecule has 7 heteroatoms. The first-order valence-electron chi connectivity index (χ1n) is 7.44. The smallest absolute Gasteiger partial charge is 0.419 e. The van der Waals surface area contributed by atoms with E-state index in [9.17, 15) is 13.2 Å². The van der Waals surface area contributed by atoms with Crippen molar-refractivity contribution in [1.82, 2.24) is 9.03 Å². The molecule has 0 fully saturated rings. The Morgan fingerprint density at radius 3 is 1.75 bits per heavy atom. The third-order valence-electron chi connectivity index (χ3n) is 3.08. The van der Waals surface area contributed by atoms with E-state index in [-0.39, 0.29) is 0 Å². The maximum absolute atomic E-state index is 11.9. The lowest BCUT2D eigenvalue weighted by Crippen LogP contribution is -2.43. The summed E-state index contributed by atoms with van der Waals surface area (Å²) in [4.78, 5) is 10.6. The molecule has 0 bridgehead atoms. The number of hydrogen-bond donors (Lipinski definition) is 2. The van der Waals surface area contributed by atoms with Crippen LogP contribution in [-0.2, 0) is 10.2 Å². The maximum atomic E-state index is 11.9. The summed E-state index contributed by atoms with van der Waals surface area (Å²) >= 11 is 0. The quantitative estimate of drug-likeness (QED) is 0.543. The molecule has 0 aliphatic carbocycles. The summed E-state index contributed by atoms with van der Waals surface area (Å²) in [6.45, 7) is 4.94. The minimum atomic E-state index is -3.91. The summed E-state index contributed by atoms with van der Waals surface area (Å²) < 4.78 is 26.7. The molecule has 0 saturated carbocycles. The van der Waals surface area contributed by atoms with Crippen LogP contribution in [0.2, 0.25) is 0 Å². The van der Waals surface area contributed by atoms with E-state index in [0.29, 0.717) is 13.1 Å². The van der Waals surface area contributed by atoms with Crippen molar-refractivity contribution in [3.8, 4) is 0 Å². The first-order valence-corrected chi connectivity index (χ1v) is 8.88. The highest BCUT2D eigenvalue weighted by atomic mass is 32.2. The molecule has 1 amide bonds. The minimum absolute atomic E-state index is 0.384. The Morgan fingerprint density at radius 1 is 0.950 bits per heavy atom. The van der Waals surface area contributed by atoms with Crippen LogP contribution >= 0.6 is 0 Å². The van der Waals surface area contributed by atoms with Gasteiger partial charge in [0.1, 0.15) is 0 Å². The number of amides is 1. The highest BCUT2D eigenvalue weighted by Crippen LogP contribution is 2.08. The number of hydrogen-bond acceptors (Lipinski definition) is 3. The molecule has 20 heavy (non-hydrogen) atoms. The zero-order valence-corrected chi connectivity index (χ0v) is 13.4. The number of nitrogens with zero attached hydrogens (tertiary/aromatic N) is 1. The fraction of sp³-hybridized carbons (Fsp3) is 0.923. The topological polar surface area (TPSA) is 86.7 Å². The Balaban J connectivity index is 4.40. The van der Waals surface area contributed by atoms with Gasteiger partial charge in [-0.3, -0.25) is 0 Å². The van der Waals surface area contributed by atoms with Crippen molar-refractivity contribution in [2.45, 2.75) is 65.2 Å². The summed E-state index contributed by atoms with van der Waals surface area (Å²) in [5.74, 6) is 0. The van der Waals surface area contributed by atoms with Crippen LogP contribution in [0, 0.1) is 0 Å². The van der Waals surface area contributed by atoms with Gasteiger partial charge in [0.2, 0.25) is 0 Å². The van der Waals surface area contributed by atoms with E-state index in [1.165, 1.54) is 4.31 Å². The van der Waals surface area contributed by atoms with Gasteiger partial charge in [-0.2, -0.15) is 12.7 Å². The van der Waals surface area contributed by atoms with Crippen LogP contribution in [-0.4, -0.2) is 37.0 Å². The third-order valence-corrected chi connectivity index (χ3v) is 4.56. The Bertz CT molecular complexity index is 345. The van der Waals surface area contributed by atoms with E-state index in [0.717, 1.165) is 51.4 Å². The Kier molecular flexibility index (Phi) is 10.5. The fourth-order valence-corrected chi connectivity index (χ4v) is 3.05. The van der Waals surface area contributed by atoms with Crippen molar-refractivity contribution in [1.29, 1.82) is 0 Å². The SMILES string of the molecule is CCCCCCN(CCCCCC)S(=O)(=O)NC(=O)O. The van der Waals surface area contributed by atoms with Crippen LogP contribution < -0.4 is 4.72 Å². The molecular formula is C13H28N2O4S. The summed E-state index contributed by atoms with van der Waals surface area (Å²) in [5, 5.41) is 8.60. The minimum Gasteiger partial charge on any atom is -0.464 e. The summed E-state index contributed by atoms with van der Waals surface area (Å²) in [6.07, 6.45) is 6.22. The van der Waals surface area contributed by atoms with E-state index >= 15 is 0 Å². The Hall–Kier alpha value is -0.820. The van der Waals surface area contributed by atoms with Gasteiger partial charge in [0, 0.05) is 13.1 Å². The Labute approximate surface area is 122 Å². The molecule has 0 unspecified atom stereocenters. The molecule has 0 radical (unpaired) electrons. The normalized spacial score (nSPS) is 11.8. The summed E-state index contributed by atoms with van der Waals surface area (Å²) in [6, 6.07) is 0. The highest BCUT2D eigenvalue weighted by molar-refractivity contribution is 7.87. The van der Waals surface area contributed by atoms with Gasteiger partial charge in [-0.25, -0.2) is 9.52 Å². The standard InChI is InChI=1S/C13H28N2O4S/c1-3-5-7-9-11-15(12-10-8-6-4-2)20(18,19)14-13(16)17/h14H,3-12H2,1-2H3,(H,16,17).